The molecule has 2 aromatic rings. The van der Waals surface area contributed by atoms with Gasteiger partial charge in [-0.2, -0.15) is 0 Å². The summed E-state index contributed by atoms with van der Waals surface area (Å²) in [5.74, 6) is 2.08. The fourth-order valence-electron chi connectivity index (χ4n) is 3.49. The summed E-state index contributed by atoms with van der Waals surface area (Å²) in [7, 11) is 1.56. The highest BCUT2D eigenvalue weighted by atomic mass is 16.6. The van der Waals surface area contributed by atoms with Gasteiger partial charge in [-0.1, -0.05) is 24.3 Å². The molecule has 2 aromatic carbocycles. The van der Waals surface area contributed by atoms with Gasteiger partial charge in [0, 0.05) is 26.2 Å². The van der Waals surface area contributed by atoms with Crippen LogP contribution in [-0.4, -0.2) is 74.2 Å². The van der Waals surface area contributed by atoms with Crippen molar-refractivity contribution in [1.29, 1.82) is 0 Å². The van der Waals surface area contributed by atoms with E-state index in [0.717, 1.165) is 0 Å². The second-order valence-electron chi connectivity index (χ2n) is 7.01. The summed E-state index contributed by atoms with van der Waals surface area (Å²) in [6.45, 7) is 1.89. The van der Waals surface area contributed by atoms with Crippen molar-refractivity contribution in [3.63, 3.8) is 0 Å². The Morgan fingerprint density at radius 1 is 0.933 bits per heavy atom. The van der Waals surface area contributed by atoms with Crippen molar-refractivity contribution < 1.29 is 28.5 Å². The summed E-state index contributed by atoms with van der Waals surface area (Å²) in [5.41, 5.74) is 0. The van der Waals surface area contributed by atoms with Crippen molar-refractivity contribution in [2.75, 3.05) is 46.5 Å². The van der Waals surface area contributed by atoms with Crippen LogP contribution >= 0.6 is 0 Å². The molecule has 0 saturated carbocycles. The van der Waals surface area contributed by atoms with Crippen LogP contribution in [0.25, 0.3) is 0 Å². The van der Waals surface area contributed by atoms with Gasteiger partial charge < -0.3 is 28.7 Å². The minimum Gasteiger partial charge on any atom is -0.493 e. The van der Waals surface area contributed by atoms with Gasteiger partial charge >= 0.3 is 0 Å². The molecule has 1 saturated heterocycles. The molecule has 8 heteroatoms. The predicted octanol–water partition coefficient (Wildman–Crippen LogP) is 1.58. The second-order valence-corrected chi connectivity index (χ2v) is 7.01. The van der Waals surface area contributed by atoms with Crippen LogP contribution in [0.15, 0.2) is 48.5 Å². The van der Waals surface area contributed by atoms with E-state index in [-0.39, 0.29) is 25.0 Å². The highest BCUT2D eigenvalue weighted by Crippen LogP contribution is 2.31. The van der Waals surface area contributed by atoms with E-state index in [0.29, 0.717) is 49.2 Å². The maximum absolute atomic E-state index is 12.8. The van der Waals surface area contributed by atoms with Crippen molar-refractivity contribution in [1.82, 2.24) is 9.80 Å². The molecule has 0 spiro atoms. The van der Waals surface area contributed by atoms with Crippen molar-refractivity contribution in [3.8, 4) is 23.0 Å². The number of carbonyl (C=O) groups excluding carboxylic acids is 2. The van der Waals surface area contributed by atoms with E-state index in [1.165, 1.54) is 0 Å². The van der Waals surface area contributed by atoms with Gasteiger partial charge in [-0.05, 0) is 24.3 Å². The van der Waals surface area contributed by atoms with Gasteiger partial charge in [0.1, 0.15) is 6.61 Å². The highest BCUT2D eigenvalue weighted by molar-refractivity contribution is 5.83. The fourth-order valence-corrected chi connectivity index (χ4v) is 3.49. The van der Waals surface area contributed by atoms with Crippen LogP contribution in [-0.2, 0) is 9.59 Å². The SMILES string of the molecule is COc1ccccc1OCC(=O)N1CCN(C(=O)[C@H]2COc3ccccc3O2)CC1. The molecule has 0 bridgehead atoms. The van der Waals surface area contributed by atoms with E-state index < -0.39 is 6.10 Å². The van der Waals surface area contributed by atoms with Crippen LogP contribution in [0.5, 0.6) is 23.0 Å². The molecule has 1 atom stereocenters. The minimum atomic E-state index is -0.670. The number of benzene rings is 2. The van der Waals surface area contributed by atoms with Gasteiger partial charge in [-0.3, -0.25) is 9.59 Å². The maximum Gasteiger partial charge on any atom is 0.267 e. The smallest absolute Gasteiger partial charge is 0.267 e. The highest BCUT2D eigenvalue weighted by Gasteiger charge is 2.33. The number of para-hydroxylation sites is 4. The number of fused-ring (bicyclic) bond motifs is 1. The molecular formula is C22H24N2O6. The number of carbonyl (C=O) groups is 2. The van der Waals surface area contributed by atoms with Gasteiger partial charge in [0.15, 0.2) is 29.6 Å². The van der Waals surface area contributed by atoms with E-state index in [1.54, 1.807) is 35.1 Å². The second kappa shape index (κ2) is 8.94. The van der Waals surface area contributed by atoms with Gasteiger partial charge in [0.05, 0.1) is 7.11 Å². The van der Waals surface area contributed by atoms with Crippen LogP contribution in [0.3, 0.4) is 0 Å². The Kier molecular flexibility index (Phi) is 5.92. The Morgan fingerprint density at radius 3 is 2.30 bits per heavy atom. The number of amides is 2. The summed E-state index contributed by atoms with van der Waals surface area (Å²) in [5, 5.41) is 0. The number of rotatable bonds is 5. The zero-order valence-electron chi connectivity index (χ0n) is 16.8. The topological polar surface area (TPSA) is 77.5 Å². The molecule has 2 heterocycles. The molecule has 158 valence electrons. The van der Waals surface area contributed by atoms with Crippen LogP contribution in [0.4, 0.5) is 0 Å². The molecule has 0 aromatic heterocycles. The summed E-state index contributed by atoms with van der Waals surface area (Å²) >= 11 is 0. The third-order valence-corrected chi connectivity index (χ3v) is 5.15. The standard InChI is InChI=1S/C22H24N2O6/c1-27-16-6-2-3-7-17(16)29-15-21(25)23-10-12-24(13-11-23)22(26)20-14-28-18-8-4-5-9-19(18)30-20/h2-9,20H,10-15H2,1H3/t20-/m1/s1. The fraction of sp³-hybridized carbons (Fsp3) is 0.364. The number of ether oxygens (including phenoxy) is 4. The quantitative estimate of drug-likeness (QED) is 0.742. The maximum atomic E-state index is 12.8. The molecule has 0 unspecified atom stereocenters. The van der Waals surface area contributed by atoms with Gasteiger partial charge in [0.25, 0.3) is 11.8 Å². The molecule has 2 amide bonds. The van der Waals surface area contributed by atoms with E-state index in [9.17, 15) is 9.59 Å². The zero-order valence-corrected chi connectivity index (χ0v) is 16.8. The molecule has 2 aliphatic rings. The monoisotopic (exact) mass is 412 g/mol. The minimum absolute atomic E-state index is 0.0787. The first-order valence-electron chi connectivity index (χ1n) is 9.86. The Hall–Kier alpha value is -3.42. The van der Waals surface area contributed by atoms with Crippen LogP contribution < -0.4 is 18.9 Å². The van der Waals surface area contributed by atoms with E-state index in [2.05, 4.69) is 0 Å². The lowest BCUT2D eigenvalue weighted by molar-refractivity contribution is -0.146. The molecule has 4 rings (SSSR count). The Bertz CT molecular complexity index is 910. The molecule has 2 aliphatic heterocycles. The van der Waals surface area contributed by atoms with Crippen LogP contribution in [0.2, 0.25) is 0 Å². The van der Waals surface area contributed by atoms with Crippen molar-refractivity contribution in [3.05, 3.63) is 48.5 Å². The third-order valence-electron chi connectivity index (χ3n) is 5.15. The summed E-state index contributed by atoms with van der Waals surface area (Å²) in [6.07, 6.45) is -0.670. The lowest BCUT2D eigenvalue weighted by Crippen LogP contribution is -2.55. The van der Waals surface area contributed by atoms with Gasteiger partial charge in [-0.25, -0.2) is 0 Å². The largest absolute Gasteiger partial charge is 0.493 e. The Balaban J connectivity index is 1.26. The lowest BCUT2D eigenvalue weighted by Gasteiger charge is -2.37. The first kappa shape index (κ1) is 19.9. The van der Waals surface area contributed by atoms with Crippen LogP contribution in [0.1, 0.15) is 0 Å². The number of nitrogens with zero attached hydrogens (tertiary/aromatic N) is 2. The first-order valence-corrected chi connectivity index (χ1v) is 9.86. The zero-order chi connectivity index (χ0) is 20.9. The number of hydrogen-bond acceptors (Lipinski definition) is 6. The lowest BCUT2D eigenvalue weighted by atomic mass is 10.2. The average Bonchev–Trinajstić information content (AvgIpc) is 2.82. The molecule has 1 fully saturated rings. The number of piperazine rings is 1. The molecule has 0 N–H and O–H groups in total. The van der Waals surface area contributed by atoms with E-state index in [4.69, 9.17) is 18.9 Å². The summed E-state index contributed by atoms with van der Waals surface area (Å²) < 4.78 is 22.3. The third kappa shape index (κ3) is 4.27. The van der Waals surface area contributed by atoms with Crippen molar-refractivity contribution >= 4 is 11.8 Å². The summed E-state index contributed by atoms with van der Waals surface area (Å²) in [6, 6.07) is 14.5. The molecule has 0 radical (unpaired) electrons. The number of hydrogen-bond donors (Lipinski definition) is 0. The van der Waals surface area contributed by atoms with Crippen molar-refractivity contribution in [2.45, 2.75) is 6.10 Å². The van der Waals surface area contributed by atoms with Crippen molar-refractivity contribution in [2.24, 2.45) is 0 Å². The van der Waals surface area contributed by atoms with E-state index >= 15 is 0 Å². The van der Waals surface area contributed by atoms with Gasteiger partial charge in [-0.15, -0.1) is 0 Å². The van der Waals surface area contributed by atoms with E-state index in [1.807, 2.05) is 30.3 Å². The molecule has 8 nitrogen and oxygen atoms in total. The molecule has 30 heavy (non-hydrogen) atoms. The average molecular weight is 412 g/mol. The summed E-state index contributed by atoms with van der Waals surface area (Å²) in [4.78, 5) is 28.7. The molecule has 0 aliphatic carbocycles. The number of methoxy groups -OCH3 is 1. The normalized spacial score (nSPS) is 18.0. The predicted molar refractivity (Wildman–Crippen MR) is 108 cm³/mol. The van der Waals surface area contributed by atoms with Gasteiger partial charge in [0.2, 0.25) is 6.10 Å². The Labute approximate surface area is 174 Å². The Morgan fingerprint density at radius 2 is 1.57 bits per heavy atom. The molecular weight excluding hydrogens is 388 g/mol. The van der Waals surface area contributed by atoms with Crippen LogP contribution in [0, 0.1) is 0 Å². The first-order chi connectivity index (χ1) is 14.7.